The second-order valence-electron chi connectivity index (χ2n) is 8.02. The molecule has 0 radical (unpaired) electrons. The van der Waals surface area contributed by atoms with Crippen molar-refractivity contribution in [2.45, 2.75) is 57.3 Å². The summed E-state index contributed by atoms with van der Waals surface area (Å²) in [5.41, 5.74) is 1.04. The number of pyridine rings is 1. The molecule has 2 aliphatic heterocycles. The lowest BCUT2D eigenvalue weighted by atomic mass is 9.96. The summed E-state index contributed by atoms with van der Waals surface area (Å²) in [7, 11) is 0. The molecule has 2 bridgehead atoms. The lowest BCUT2D eigenvalue weighted by Gasteiger charge is -2.39. The fourth-order valence-electron chi connectivity index (χ4n) is 4.80. The van der Waals surface area contributed by atoms with E-state index in [1.54, 1.807) is 6.92 Å². The second kappa shape index (κ2) is 9.20. The number of piperidine rings is 1. The van der Waals surface area contributed by atoms with Crippen LogP contribution in [0.2, 0.25) is 5.15 Å². The van der Waals surface area contributed by atoms with Gasteiger partial charge < -0.3 is 10.1 Å². The van der Waals surface area contributed by atoms with Gasteiger partial charge in [-0.25, -0.2) is 9.78 Å². The molecule has 4 rings (SSSR count). The predicted octanol–water partition coefficient (Wildman–Crippen LogP) is 4.43. The average molecular weight is 445 g/mol. The minimum atomic E-state index is -0.651. The van der Waals surface area contributed by atoms with Crippen LogP contribution in [-0.2, 0) is 11.3 Å². The lowest BCUT2D eigenvalue weighted by molar-refractivity contribution is -0.384. The molecule has 1 aromatic heterocycles. The Morgan fingerprint density at radius 2 is 1.97 bits per heavy atom. The molecule has 1 N–H and O–H groups in total. The fourth-order valence-corrected chi connectivity index (χ4v) is 5.01. The summed E-state index contributed by atoms with van der Waals surface area (Å²) in [5.74, 6) is -0.651. The molecule has 0 saturated carbocycles. The molecule has 2 saturated heterocycles. The van der Waals surface area contributed by atoms with Crippen LogP contribution in [0.4, 0.5) is 11.4 Å². The normalized spacial score (nSPS) is 22.8. The van der Waals surface area contributed by atoms with E-state index in [-0.39, 0.29) is 34.7 Å². The van der Waals surface area contributed by atoms with E-state index in [1.807, 2.05) is 6.07 Å². The highest BCUT2D eigenvalue weighted by Crippen LogP contribution is 2.40. The number of hydrogen-bond donors (Lipinski definition) is 1. The third kappa shape index (κ3) is 4.50. The highest BCUT2D eigenvalue weighted by molar-refractivity contribution is 6.32. The first-order chi connectivity index (χ1) is 15.0. The molecule has 1 unspecified atom stereocenters. The number of anilines is 1. The first-order valence-electron chi connectivity index (χ1n) is 10.5. The molecule has 2 fully saturated rings. The van der Waals surface area contributed by atoms with Crippen LogP contribution < -0.4 is 5.32 Å². The van der Waals surface area contributed by atoms with Gasteiger partial charge in [-0.2, -0.15) is 0 Å². The maximum Gasteiger partial charge on any atom is 0.342 e. The van der Waals surface area contributed by atoms with Crippen LogP contribution in [0.15, 0.2) is 36.5 Å². The first kappa shape index (κ1) is 21.5. The second-order valence-corrected chi connectivity index (χ2v) is 8.38. The van der Waals surface area contributed by atoms with E-state index in [2.05, 4.69) is 39.5 Å². The Morgan fingerprint density at radius 1 is 1.29 bits per heavy atom. The van der Waals surface area contributed by atoms with Crippen molar-refractivity contribution in [2.24, 2.45) is 0 Å². The van der Waals surface area contributed by atoms with Crippen molar-refractivity contribution < 1.29 is 14.5 Å². The zero-order valence-corrected chi connectivity index (χ0v) is 18.0. The summed E-state index contributed by atoms with van der Waals surface area (Å²) >= 11 is 6.03. The third-order valence-corrected chi connectivity index (χ3v) is 6.40. The number of rotatable bonds is 7. The molecule has 0 spiro atoms. The Labute approximate surface area is 185 Å². The molecule has 164 valence electrons. The molecule has 0 aliphatic carbocycles. The molecule has 2 aliphatic rings. The Bertz CT molecular complexity index is 957. The smallest absolute Gasteiger partial charge is 0.342 e. The van der Waals surface area contributed by atoms with Gasteiger partial charge in [-0.3, -0.25) is 15.0 Å². The largest absolute Gasteiger partial charge is 0.462 e. The van der Waals surface area contributed by atoms with Gasteiger partial charge in [0.2, 0.25) is 5.15 Å². The van der Waals surface area contributed by atoms with Crippen molar-refractivity contribution in [2.75, 3.05) is 11.9 Å². The summed E-state index contributed by atoms with van der Waals surface area (Å²) < 4.78 is 5.08. The molecule has 3 atom stereocenters. The van der Waals surface area contributed by atoms with E-state index in [0.717, 1.165) is 32.2 Å². The van der Waals surface area contributed by atoms with Crippen molar-refractivity contribution >= 4 is 28.9 Å². The van der Waals surface area contributed by atoms with Crippen molar-refractivity contribution in [3.63, 3.8) is 0 Å². The van der Waals surface area contributed by atoms with Gasteiger partial charge >= 0.3 is 11.7 Å². The van der Waals surface area contributed by atoms with Gasteiger partial charge in [0.25, 0.3) is 0 Å². The third-order valence-electron chi connectivity index (χ3n) is 6.13. The van der Waals surface area contributed by atoms with Crippen LogP contribution in [0.3, 0.4) is 0 Å². The Balaban J connectivity index is 1.56. The van der Waals surface area contributed by atoms with Crippen molar-refractivity contribution in [1.29, 1.82) is 0 Å². The number of hydrogen-bond acceptors (Lipinski definition) is 7. The number of fused-ring (bicyclic) bond motifs is 2. The van der Waals surface area contributed by atoms with Gasteiger partial charge in [-0.15, -0.1) is 0 Å². The Kier molecular flexibility index (Phi) is 6.38. The standard InChI is InChI=1S/C22H25ClN4O4/c1-2-31-22(28)18-12-24-21(23)20(27(29)30)19(18)25-15-10-16-8-9-17(11-15)26(16)13-14-6-4-3-5-7-14/h3-7,12,15-17H,2,8-11,13H2,1H3,(H,24,25)/t15?,16-,17+. The van der Waals surface area contributed by atoms with Crippen molar-refractivity contribution in [3.8, 4) is 0 Å². The Morgan fingerprint density at radius 3 is 2.58 bits per heavy atom. The number of ether oxygens (including phenoxy) is 1. The van der Waals surface area contributed by atoms with Crippen molar-refractivity contribution in [1.82, 2.24) is 9.88 Å². The van der Waals surface area contributed by atoms with E-state index in [4.69, 9.17) is 16.3 Å². The Hall–Kier alpha value is -2.71. The molecule has 3 heterocycles. The summed E-state index contributed by atoms with van der Waals surface area (Å²) in [6, 6.07) is 11.2. The van der Waals surface area contributed by atoms with Gasteiger partial charge in [-0.1, -0.05) is 41.9 Å². The van der Waals surface area contributed by atoms with Gasteiger partial charge in [0.1, 0.15) is 11.3 Å². The zero-order chi connectivity index (χ0) is 22.0. The number of carbonyl (C=O) groups excluding carboxylic acids is 1. The number of esters is 1. The van der Waals surface area contributed by atoms with Gasteiger partial charge in [0.15, 0.2) is 0 Å². The van der Waals surface area contributed by atoms with E-state index in [1.165, 1.54) is 11.8 Å². The van der Waals surface area contributed by atoms with Crippen LogP contribution in [-0.4, -0.2) is 45.5 Å². The molecule has 1 aromatic carbocycles. The number of aromatic nitrogens is 1. The number of nitrogens with one attached hydrogen (secondary N) is 1. The number of nitrogens with zero attached hydrogens (tertiary/aromatic N) is 3. The van der Waals surface area contributed by atoms with Crippen LogP contribution >= 0.6 is 11.6 Å². The molecule has 0 amide bonds. The van der Waals surface area contributed by atoms with Gasteiger partial charge in [0, 0.05) is 30.9 Å². The highest BCUT2D eigenvalue weighted by atomic mass is 35.5. The lowest BCUT2D eigenvalue weighted by Crippen LogP contribution is -2.46. The number of halogens is 1. The molecular formula is C22H25ClN4O4. The molecule has 31 heavy (non-hydrogen) atoms. The molecular weight excluding hydrogens is 420 g/mol. The highest BCUT2D eigenvalue weighted by Gasteiger charge is 2.41. The first-order valence-corrected chi connectivity index (χ1v) is 10.9. The monoisotopic (exact) mass is 444 g/mol. The summed E-state index contributed by atoms with van der Waals surface area (Å²) in [4.78, 5) is 29.9. The maximum atomic E-state index is 12.4. The van der Waals surface area contributed by atoms with E-state index < -0.39 is 10.9 Å². The topological polar surface area (TPSA) is 97.6 Å². The van der Waals surface area contributed by atoms with Crippen LogP contribution in [0, 0.1) is 10.1 Å². The summed E-state index contributed by atoms with van der Waals surface area (Å²) in [6.07, 6.45) is 5.11. The average Bonchev–Trinajstić information content (AvgIpc) is 2.97. The van der Waals surface area contributed by atoms with Crippen LogP contribution in [0.5, 0.6) is 0 Å². The number of benzene rings is 1. The maximum absolute atomic E-state index is 12.4. The fraction of sp³-hybridized carbons (Fsp3) is 0.455. The van der Waals surface area contributed by atoms with Crippen LogP contribution in [0.1, 0.15) is 48.5 Å². The minimum Gasteiger partial charge on any atom is -0.462 e. The summed E-state index contributed by atoms with van der Waals surface area (Å²) in [5, 5.41) is 14.7. The summed E-state index contributed by atoms with van der Waals surface area (Å²) in [6.45, 7) is 2.75. The van der Waals surface area contributed by atoms with Crippen molar-refractivity contribution in [3.05, 3.63) is 62.9 Å². The number of carbonyl (C=O) groups is 1. The quantitative estimate of drug-likeness (QED) is 0.292. The molecule has 9 heteroatoms. The van der Waals surface area contributed by atoms with E-state index in [0.29, 0.717) is 12.1 Å². The van der Waals surface area contributed by atoms with E-state index >= 15 is 0 Å². The van der Waals surface area contributed by atoms with E-state index in [9.17, 15) is 14.9 Å². The van der Waals surface area contributed by atoms with Crippen LogP contribution in [0.25, 0.3) is 0 Å². The zero-order valence-electron chi connectivity index (χ0n) is 17.3. The molecule has 8 nitrogen and oxygen atoms in total. The number of nitro groups is 1. The minimum absolute atomic E-state index is 0.00475. The van der Waals surface area contributed by atoms with Gasteiger partial charge in [-0.05, 0) is 38.2 Å². The molecule has 2 aromatic rings. The predicted molar refractivity (Wildman–Crippen MR) is 117 cm³/mol. The van der Waals surface area contributed by atoms with Gasteiger partial charge in [0.05, 0.1) is 11.5 Å². The SMILES string of the molecule is CCOC(=O)c1cnc(Cl)c([N+](=O)[O-])c1NC1C[C@H]2CC[C@@H](C1)N2Cc1ccccc1.